The van der Waals surface area contributed by atoms with Gasteiger partial charge in [0.05, 0.1) is 5.56 Å². The Balaban J connectivity index is 1.46. The summed E-state index contributed by atoms with van der Waals surface area (Å²) in [6.45, 7) is 11.3. The maximum atomic E-state index is 9.57. The van der Waals surface area contributed by atoms with Gasteiger partial charge in [-0.1, -0.05) is 0 Å². The third-order valence-corrected chi connectivity index (χ3v) is 5.75. The highest BCUT2D eigenvalue weighted by Crippen LogP contribution is 2.24. The minimum absolute atomic E-state index is 0.684. The van der Waals surface area contributed by atoms with Crippen molar-refractivity contribution in [2.45, 2.75) is 13.8 Å². The van der Waals surface area contributed by atoms with Gasteiger partial charge in [-0.3, -0.25) is 0 Å². The SMILES string of the molecule is Cc1cc(C)c(C#N)c(N2CCN(c3ccnc(N4CCN(C)CC4)n3)CC2)n1. The largest absolute Gasteiger partial charge is 0.353 e. The molecule has 0 atom stereocenters. The minimum atomic E-state index is 0.684. The molecule has 0 saturated carbocycles. The van der Waals surface area contributed by atoms with Gasteiger partial charge >= 0.3 is 0 Å². The Labute approximate surface area is 172 Å². The van der Waals surface area contributed by atoms with E-state index in [9.17, 15) is 5.26 Å². The average Bonchev–Trinajstić information content (AvgIpc) is 2.74. The van der Waals surface area contributed by atoms with Crippen LogP contribution < -0.4 is 14.7 Å². The number of hydrogen-bond acceptors (Lipinski definition) is 8. The standard InChI is InChI=1S/C21H28N8/c1-16-14-17(2)24-20(18(16)15-22)28-12-10-27(11-13-28)19-4-5-23-21(25-19)29-8-6-26(3)7-9-29/h4-5,14H,6-13H2,1-3H3. The van der Waals surface area contributed by atoms with Crippen molar-refractivity contribution >= 4 is 17.6 Å². The van der Waals surface area contributed by atoms with Crippen molar-refractivity contribution in [2.75, 3.05) is 74.1 Å². The molecule has 8 nitrogen and oxygen atoms in total. The predicted octanol–water partition coefficient (Wildman–Crippen LogP) is 1.44. The second-order valence-electron chi connectivity index (χ2n) is 7.87. The first-order valence-corrected chi connectivity index (χ1v) is 10.2. The first-order valence-electron chi connectivity index (χ1n) is 10.2. The highest BCUT2D eigenvalue weighted by Gasteiger charge is 2.23. The van der Waals surface area contributed by atoms with Crippen LogP contribution in [0.4, 0.5) is 17.6 Å². The molecular weight excluding hydrogens is 364 g/mol. The molecule has 29 heavy (non-hydrogen) atoms. The Morgan fingerprint density at radius 1 is 0.897 bits per heavy atom. The van der Waals surface area contributed by atoms with E-state index in [1.165, 1.54) is 0 Å². The summed E-state index contributed by atoms with van der Waals surface area (Å²) < 4.78 is 0. The number of pyridine rings is 1. The summed E-state index contributed by atoms with van der Waals surface area (Å²) in [6.07, 6.45) is 1.86. The van der Waals surface area contributed by atoms with Gasteiger partial charge in [0.25, 0.3) is 0 Å². The molecule has 8 heteroatoms. The van der Waals surface area contributed by atoms with E-state index in [0.717, 1.165) is 81.2 Å². The molecule has 0 amide bonds. The summed E-state index contributed by atoms with van der Waals surface area (Å²) in [4.78, 5) is 23.1. The highest BCUT2D eigenvalue weighted by atomic mass is 15.3. The third-order valence-electron chi connectivity index (χ3n) is 5.75. The number of likely N-dealkylation sites (N-methyl/N-ethyl adjacent to an activating group) is 1. The fourth-order valence-electron chi connectivity index (χ4n) is 4.01. The summed E-state index contributed by atoms with van der Waals surface area (Å²) in [5.74, 6) is 2.61. The lowest BCUT2D eigenvalue weighted by Crippen LogP contribution is -2.48. The number of aromatic nitrogens is 3. The van der Waals surface area contributed by atoms with Crippen LogP contribution in [0.15, 0.2) is 18.3 Å². The second-order valence-corrected chi connectivity index (χ2v) is 7.87. The van der Waals surface area contributed by atoms with Crippen LogP contribution in [0.25, 0.3) is 0 Å². The first-order chi connectivity index (χ1) is 14.0. The van der Waals surface area contributed by atoms with Gasteiger partial charge < -0.3 is 19.6 Å². The van der Waals surface area contributed by atoms with E-state index in [4.69, 9.17) is 4.98 Å². The van der Waals surface area contributed by atoms with Crippen molar-refractivity contribution in [3.8, 4) is 6.07 Å². The van der Waals surface area contributed by atoms with Crippen LogP contribution in [-0.2, 0) is 0 Å². The maximum Gasteiger partial charge on any atom is 0.227 e. The van der Waals surface area contributed by atoms with Crippen LogP contribution in [0.1, 0.15) is 16.8 Å². The molecule has 0 unspecified atom stereocenters. The zero-order valence-corrected chi connectivity index (χ0v) is 17.5. The van der Waals surface area contributed by atoms with Crippen molar-refractivity contribution < 1.29 is 0 Å². The fraction of sp³-hybridized carbons (Fsp3) is 0.524. The lowest BCUT2D eigenvalue weighted by Gasteiger charge is -2.37. The third kappa shape index (κ3) is 4.10. The van der Waals surface area contributed by atoms with E-state index < -0.39 is 0 Å². The normalized spacial score (nSPS) is 18.1. The summed E-state index contributed by atoms with van der Waals surface area (Å²) in [6, 6.07) is 6.29. The number of nitriles is 1. The van der Waals surface area contributed by atoms with Crippen molar-refractivity contribution in [1.82, 2.24) is 19.9 Å². The van der Waals surface area contributed by atoms with E-state index >= 15 is 0 Å². The van der Waals surface area contributed by atoms with Crippen molar-refractivity contribution in [3.05, 3.63) is 35.2 Å². The Morgan fingerprint density at radius 2 is 1.55 bits per heavy atom. The van der Waals surface area contributed by atoms with Crippen LogP contribution >= 0.6 is 0 Å². The molecule has 0 N–H and O–H groups in total. The van der Waals surface area contributed by atoms with Crippen LogP contribution in [0.2, 0.25) is 0 Å². The molecule has 0 aromatic carbocycles. The van der Waals surface area contributed by atoms with Gasteiger partial charge in [0.2, 0.25) is 5.95 Å². The minimum Gasteiger partial charge on any atom is -0.353 e. The highest BCUT2D eigenvalue weighted by molar-refractivity contribution is 5.59. The Bertz CT molecular complexity index is 905. The number of hydrogen-bond donors (Lipinski definition) is 0. The number of anilines is 3. The zero-order valence-electron chi connectivity index (χ0n) is 17.5. The molecule has 2 aromatic rings. The van der Waals surface area contributed by atoms with E-state index in [-0.39, 0.29) is 0 Å². The molecule has 0 radical (unpaired) electrons. The van der Waals surface area contributed by atoms with Gasteiger partial charge in [-0.25, -0.2) is 9.97 Å². The second kappa shape index (κ2) is 8.21. The summed E-state index contributed by atoms with van der Waals surface area (Å²) in [5, 5.41) is 9.57. The van der Waals surface area contributed by atoms with Gasteiger partial charge in [-0.15, -0.1) is 0 Å². The molecule has 2 saturated heterocycles. The summed E-state index contributed by atoms with van der Waals surface area (Å²) in [5.41, 5.74) is 2.63. The first kappa shape index (κ1) is 19.4. The Hall–Kier alpha value is -2.92. The Morgan fingerprint density at radius 3 is 2.24 bits per heavy atom. The van der Waals surface area contributed by atoms with Crippen LogP contribution in [0.3, 0.4) is 0 Å². The molecule has 0 spiro atoms. The molecule has 2 aromatic heterocycles. The number of aryl methyl sites for hydroxylation is 2. The van der Waals surface area contributed by atoms with Gasteiger partial charge in [-0.05, 0) is 38.6 Å². The average molecular weight is 393 g/mol. The molecule has 0 aliphatic carbocycles. The van der Waals surface area contributed by atoms with Crippen LogP contribution in [0, 0.1) is 25.2 Å². The number of rotatable bonds is 3. The van der Waals surface area contributed by atoms with Crippen molar-refractivity contribution in [3.63, 3.8) is 0 Å². The van der Waals surface area contributed by atoms with E-state index in [2.05, 4.69) is 42.7 Å². The van der Waals surface area contributed by atoms with Crippen molar-refractivity contribution in [2.24, 2.45) is 0 Å². The molecule has 0 bridgehead atoms. The molecule has 2 aliphatic heterocycles. The van der Waals surface area contributed by atoms with Gasteiger partial charge in [0.15, 0.2) is 0 Å². The lowest BCUT2D eigenvalue weighted by atomic mass is 10.1. The van der Waals surface area contributed by atoms with E-state index in [1.807, 2.05) is 32.2 Å². The monoisotopic (exact) mass is 392 g/mol. The fourth-order valence-corrected chi connectivity index (χ4v) is 4.01. The number of piperazine rings is 2. The van der Waals surface area contributed by atoms with E-state index in [0.29, 0.717) is 5.56 Å². The van der Waals surface area contributed by atoms with Gasteiger partial charge in [-0.2, -0.15) is 10.2 Å². The molecule has 2 aliphatic rings. The molecule has 4 heterocycles. The molecule has 2 fully saturated rings. The molecule has 152 valence electrons. The summed E-state index contributed by atoms with van der Waals surface area (Å²) in [7, 11) is 2.15. The molecule has 4 rings (SSSR count). The zero-order chi connectivity index (χ0) is 20.4. The summed E-state index contributed by atoms with van der Waals surface area (Å²) >= 11 is 0. The maximum absolute atomic E-state index is 9.57. The lowest BCUT2D eigenvalue weighted by molar-refractivity contribution is 0.311. The Kier molecular flexibility index (Phi) is 5.49. The van der Waals surface area contributed by atoms with Crippen LogP contribution in [-0.4, -0.2) is 79.3 Å². The predicted molar refractivity (Wildman–Crippen MR) is 115 cm³/mol. The van der Waals surface area contributed by atoms with E-state index in [1.54, 1.807) is 0 Å². The topological polar surface area (TPSA) is 75.4 Å². The quantitative estimate of drug-likeness (QED) is 0.777. The van der Waals surface area contributed by atoms with Crippen molar-refractivity contribution in [1.29, 1.82) is 5.26 Å². The van der Waals surface area contributed by atoms with Gasteiger partial charge in [0, 0.05) is 64.2 Å². The smallest absolute Gasteiger partial charge is 0.227 e. The number of nitrogens with zero attached hydrogens (tertiary/aromatic N) is 8. The van der Waals surface area contributed by atoms with Crippen LogP contribution in [0.5, 0.6) is 0 Å². The van der Waals surface area contributed by atoms with Gasteiger partial charge in [0.1, 0.15) is 17.7 Å². The molecular formula is C21H28N8.